The van der Waals surface area contributed by atoms with E-state index in [-0.39, 0.29) is 6.10 Å². The van der Waals surface area contributed by atoms with Crippen LogP contribution in [-0.4, -0.2) is 29.1 Å². The molecule has 0 aliphatic carbocycles. The Balaban J connectivity index is 1.53. The molecule has 0 amide bonds. The van der Waals surface area contributed by atoms with Gasteiger partial charge in [-0.05, 0) is 18.1 Å². The lowest BCUT2D eigenvalue weighted by atomic mass is 10.2. The Labute approximate surface area is 124 Å². The van der Waals surface area contributed by atoms with E-state index in [1.54, 1.807) is 12.3 Å². The predicted molar refractivity (Wildman–Crippen MR) is 80.0 cm³/mol. The number of rotatable bonds is 4. The molecule has 1 aliphatic rings. The van der Waals surface area contributed by atoms with E-state index in [2.05, 4.69) is 34.1 Å². The van der Waals surface area contributed by atoms with Crippen molar-refractivity contribution >= 4 is 11.6 Å². The maximum Gasteiger partial charge on any atom is 0.213 e. The molecule has 1 unspecified atom stereocenters. The Morgan fingerprint density at radius 1 is 1.20 bits per heavy atom. The molecular formula is C16H17ClN2O. The maximum atomic E-state index is 5.89. The number of nitrogens with zero attached hydrogens (tertiary/aromatic N) is 2. The van der Waals surface area contributed by atoms with E-state index in [1.165, 1.54) is 5.56 Å². The highest BCUT2D eigenvalue weighted by molar-refractivity contribution is 6.30. The summed E-state index contributed by atoms with van der Waals surface area (Å²) in [6.07, 6.45) is 2.87. The molecule has 3 rings (SSSR count). The van der Waals surface area contributed by atoms with Crippen molar-refractivity contribution in [2.75, 3.05) is 13.1 Å². The van der Waals surface area contributed by atoms with Crippen LogP contribution >= 0.6 is 11.6 Å². The minimum atomic E-state index is 0.215. The van der Waals surface area contributed by atoms with Gasteiger partial charge >= 0.3 is 0 Å². The van der Waals surface area contributed by atoms with E-state index in [9.17, 15) is 0 Å². The number of hydrogen-bond acceptors (Lipinski definition) is 3. The number of ether oxygens (including phenoxy) is 1. The second-order valence-electron chi connectivity index (χ2n) is 5.06. The van der Waals surface area contributed by atoms with Crippen LogP contribution in [0.3, 0.4) is 0 Å². The average molecular weight is 289 g/mol. The number of aromatic nitrogens is 1. The fourth-order valence-electron chi connectivity index (χ4n) is 2.48. The summed E-state index contributed by atoms with van der Waals surface area (Å²) < 4.78 is 5.89. The van der Waals surface area contributed by atoms with Gasteiger partial charge in [0.15, 0.2) is 0 Å². The summed E-state index contributed by atoms with van der Waals surface area (Å²) in [7, 11) is 0. The van der Waals surface area contributed by atoms with Crippen molar-refractivity contribution in [1.82, 2.24) is 9.88 Å². The molecule has 0 saturated carbocycles. The molecule has 1 fully saturated rings. The van der Waals surface area contributed by atoms with Crippen molar-refractivity contribution in [1.29, 1.82) is 0 Å². The Morgan fingerprint density at radius 3 is 2.80 bits per heavy atom. The minimum Gasteiger partial charge on any atom is -0.473 e. The van der Waals surface area contributed by atoms with Crippen LogP contribution in [0, 0.1) is 0 Å². The third-order valence-corrected chi connectivity index (χ3v) is 3.69. The van der Waals surface area contributed by atoms with Crippen molar-refractivity contribution in [3.63, 3.8) is 0 Å². The van der Waals surface area contributed by atoms with E-state index >= 15 is 0 Å². The summed E-state index contributed by atoms with van der Waals surface area (Å²) in [5.41, 5.74) is 1.35. The molecule has 0 bridgehead atoms. The van der Waals surface area contributed by atoms with E-state index < -0.39 is 0 Å². The van der Waals surface area contributed by atoms with E-state index in [1.807, 2.05) is 12.1 Å². The molecule has 1 aromatic heterocycles. The van der Waals surface area contributed by atoms with E-state index in [0.29, 0.717) is 10.9 Å². The van der Waals surface area contributed by atoms with Crippen molar-refractivity contribution in [2.24, 2.45) is 0 Å². The molecule has 0 radical (unpaired) electrons. The van der Waals surface area contributed by atoms with Gasteiger partial charge in [-0.2, -0.15) is 0 Å². The lowest BCUT2D eigenvalue weighted by molar-refractivity contribution is 0.191. The monoisotopic (exact) mass is 288 g/mol. The Hall–Kier alpha value is -1.58. The van der Waals surface area contributed by atoms with Gasteiger partial charge in [-0.3, -0.25) is 4.90 Å². The first-order chi connectivity index (χ1) is 9.79. The molecular weight excluding hydrogens is 272 g/mol. The quantitative estimate of drug-likeness (QED) is 0.862. The second-order valence-corrected chi connectivity index (χ2v) is 5.50. The van der Waals surface area contributed by atoms with Crippen LogP contribution in [0.4, 0.5) is 0 Å². The van der Waals surface area contributed by atoms with Crippen molar-refractivity contribution in [3.05, 3.63) is 59.2 Å². The van der Waals surface area contributed by atoms with Gasteiger partial charge in [-0.25, -0.2) is 4.98 Å². The molecule has 1 aromatic carbocycles. The standard InChI is InChI=1S/C16H17ClN2O/c17-14-6-7-16(18-10-14)20-15-8-9-19(12-15)11-13-4-2-1-3-5-13/h1-7,10,15H,8-9,11-12H2. The lowest BCUT2D eigenvalue weighted by Gasteiger charge is -2.16. The molecule has 1 atom stereocenters. The van der Waals surface area contributed by atoms with Gasteiger partial charge < -0.3 is 4.74 Å². The minimum absolute atomic E-state index is 0.215. The van der Waals surface area contributed by atoms with Gasteiger partial charge in [0.1, 0.15) is 6.10 Å². The van der Waals surface area contributed by atoms with Crippen molar-refractivity contribution < 1.29 is 4.74 Å². The Bertz CT molecular complexity index is 544. The summed E-state index contributed by atoms with van der Waals surface area (Å²) in [6.45, 7) is 2.99. The van der Waals surface area contributed by atoms with E-state index in [0.717, 1.165) is 26.1 Å². The van der Waals surface area contributed by atoms with Crippen LogP contribution in [0.25, 0.3) is 0 Å². The molecule has 0 spiro atoms. The largest absolute Gasteiger partial charge is 0.473 e. The summed E-state index contributed by atoms with van der Waals surface area (Å²) in [5, 5.41) is 0.634. The predicted octanol–water partition coefficient (Wildman–Crippen LogP) is 3.39. The molecule has 2 heterocycles. The topological polar surface area (TPSA) is 25.4 Å². The van der Waals surface area contributed by atoms with Crippen molar-refractivity contribution in [2.45, 2.75) is 19.1 Å². The summed E-state index contributed by atoms with van der Waals surface area (Å²) in [5.74, 6) is 0.654. The fraction of sp³-hybridized carbons (Fsp3) is 0.312. The smallest absolute Gasteiger partial charge is 0.213 e. The maximum absolute atomic E-state index is 5.89. The zero-order valence-electron chi connectivity index (χ0n) is 11.2. The third kappa shape index (κ3) is 3.50. The van der Waals surface area contributed by atoms with Crippen LogP contribution < -0.4 is 4.74 Å². The second kappa shape index (κ2) is 6.25. The first-order valence-electron chi connectivity index (χ1n) is 6.84. The highest BCUT2D eigenvalue weighted by atomic mass is 35.5. The van der Waals surface area contributed by atoms with Gasteiger partial charge in [-0.1, -0.05) is 41.9 Å². The molecule has 20 heavy (non-hydrogen) atoms. The Morgan fingerprint density at radius 2 is 2.05 bits per heavy atom. The zero-order chi connectivity index (χ0) is 13.8. The third-order valence-electron chi connectivity index (χ3n) is 3.47. The van der Waals surface area contributed by atoms with Crippen LogP contribution in [0.2, 0.25) is 5.02 Å². The van der Waals surface area contributed by atoms with Crippen LogP contribution in [0.15, 0.2) is 48.7 Å². The number of hydrogen-bond donors (Lipinski definition) is 0. The van der Waals surface area contributed by atoms with Crippen LogP contribution in [0.1, 0.15) is 12.0 Å². The van der Waals surface area contributed by atoms with E-state index in [4.69, 9.17) is 16.3 Å². The van der Waals surface area contributed by atoms with Gasteiger partial charge in [0, 0.05) is 31.9 Å². The highest BCUT2D eigenvalue weighted by Crippen LogP contribution is 2.19. The molecule has 1 aliphatic heterocycles. The fourth-order valence-corrected chi connectivity index (χ4v) is 2.59. The zero-order valence-corrected chi connectivity index (χ0v) is 12.0. The van der Waals surface area contributed by atoms with Gasteiger partial charge in [0.25, 0.3) is 0 Å². The first-order valence-corrected chi connectivity index (χ1v) is 7.22. The number of benzene rings is 1. The van der Waals surface area contributed by atoms with Crippen molar-refractivity contribution in [3.8, 4) is 5.88 Å². The van der Waals surface area contributed by atoms with Crippen LogP contribution in [0.5, 0.6) is 5.88 Å². The SMILES string of the molecule is Clc1ccc(OC2CCN(Cc3ccccc3)C2)nc1. The normalized spacial score (nSPS) is 19.1. The Kier molecular flexibility index (Phi) is 4.19. The number of halogens is 1. The molecule has 2 aromatic rings. The summed E-state index contributed by atoms with van der Waals surface area (Å²) in [4.78, 5) is 6.59. The first kappa shape index (κ1) is 13.4. The highest BCUT2D eigenvalue weighted by Gasteiger charge is 2.24. The van der Waals surface area contributed by atoms with Crippen LogP contribution in [-0.2, 0) is 6.54 Å². The molecule has 3 nitrogen and oxygen atoms in total. The van der Waals surface area contributed by atoms with Gasteiger partial charge in [0.2, 0.25) is 5.88 Å². The molecule has 0 N–H and O–H groups in total. The lowest BCUT2D eigenvalue weighted by Crippen LogP contribution is -2.24. The molecule has 4 heteroatoms. The molecule has 104 valence electrons. The molecule has 1 saturated heterocycles. The average Bonchev–Trinajstić information content (AvgIpc) is 2.90. The number of pyridine rings is 1. The summed E-state index contributed by atoms with van der Waals surface area (Å²) >= 11 is 5.82. The van der Waals surface area contributed by atoms with Gasteiger partial charge in [-0.15, -0.1) is 0 Å². The number of likely N-dealkylation sites (tertiary alicyclic amines) is 1. The summed E-state index contributed by atoms with van der Waals surface area (Å²) in [6, 6.07) is 14.2. The van der Waals surface area contributed by atoms with Gasteiger partial charge in [0.05, 0.1) is 5.02 Å².